The third kappa shape index (κ3) is 5.47. The number of amides is 2. The second-order valence-electron chi connectivity index (χ2n) is 4.35. The number of rotatable bonds is 7. The van der Waals surface area contributed by atoms with E-state index in [4.69, 9.17) is 5.11 Å². The van der Waals surface area contributed by atoms with Gasteiger partial charge in [-0.05, 0) is 12.3 Å². The molecule has 0 radical (unpaired) electrons. The van der Waals surface area contributed by atoms with E-state index in [9.17, 15) is 14.4 Å². The number of aliphatic carboxylic acids is 1. The van der Waals surface area contributed by atoms with Crippen molar-refractivity contribution < 1.29 is 19.5 Å². The maximum atomic E-state index is 11.9. The predicted molar refractivity (Wildman–Crippen MR) is 66.8 cm³/mol. The zero-order valence-electron chi connectivity index (χ0n) is 10.9. The average Bonchev–Trinajstić information content (AvgIpc) is 2.24. The minimum Gasteiger partial charge on any atom is -0.480 e. The molecule has 0 fully saturated rings. The van der Waals surface area contributed by atoms with Crippen LogP contribution in [0.25, 0.3) is 0 Å². The molecule has 18 heavy (non-hydrogen) atoms. The minimum absolute atomic E-state index is 0.131. The summed E-state index contributed by atoms with van der Waals surface area (Å²) >= 11 is 0. The van der Waals surface area contributed by atoms with Crippen LogP contribution in [0.2, 0.25) is 0 Å². The Morgan fingerprint density at radius 1 is 1.28 bits per heavy atom. The van der Waals surface area contributed by atoms with Gasteiger partial charge in [-0.3, -0.25) is 9.59 Å². The van der Waals surface area contributed by atoms with Crippen molar-refractivity contribution in [3.63, 3.8) is 0 Å². The number of carboxylic acids is 1. The van der Waals surface area contributed by atoms with E-state index in [-0.39, 0.29) is 18.2 Å². The van der Waals surface area contributed by atoms with E-state index >= 15 is 0 Å². The maximum Gasteiger partial charge on any atom is 0.326 e. The third-order valence-corrected chi connectivity index (χ3v) is 2.32. The van der Waals surface area contributed by atoms with Crippen LogP contribution in [0.5, 0.6) is 0 Å². The predicted octanol–water partition coefficient (Wildman–Crippen LogP) is 0.293. The van der Waals surface area contributed by atoms with Crippen LogP contribution < -0.4 is 10.6 Å². The molecule has 0 unspecified atom stereocenters. The van der Waals surface area contributed by atoms with Gasteiger partial charge in [-0.1, -0.05) is 19.9 Å². The van der Waals surface area contributed by atoms with Crippen molar-refractivity contribution in [2.45, 2.75) is 39.3 Å². The molecule has 0 aromatic rings. The van der Waals surface area contributed by atoms with Crippen LogP contribution in [0.15, 0.2) is 12.7 Å². The molecule has 0 saturated heterocycles. The summed E-state index contributed by atoms with van der Waals surface area (Å²) in [5.74, 6) is -2.10. The fourth-order valence-electron chi connectivity index (χ4n) is 1.40. The van der Waals surface area contributed by atoms with Gasteiger partial charge in [0.05, 0.1) is 0 Å². The SMILES string of the molecule is C=CC[C@@H](NC(=O)[C@H](NC(C)=O)C(C)C)C(=O)O. The first-order chi connectivity index (χ1) is 8.29. The summed E-state index contributed by atoms with van der Waals surface area (Å²) in [4.78, 5) is 33.8. The summed E-state index contributed by atoms with van der Waals surface area (Å²) in [6.45, 7) is 8.28. The highest BCUT2D eigenvalue weighted by atomic mass is 16.4. The quantitative estimate of drug-likeness (QED) is 0.571. The molecule has 0 aliphatic rings. The maximum absolute atomic E-state index is 11.9. The van der Waals surface area contributed by atoms with Crippen LogP contribution in [0.4, 0.5) is 0 Å². The third-order valence-electron chi connectivity index (χ3n) is 2.32. The van der Waals surface area contributed by atoms with Gasteiger partial charge in [0.25, 0.3) is 0 Å². The van der Waals surface area contributed by atoms with Crippen molar-refractivity contribution in [3.05, 3.63) is 12.7 Å². The van der Waals surface area contributed by atoms with Crippen molar-refractivity contribution in [2.24, 2.45) is 5.92 Å². The molecule has 0 spiro atoms. The molecule has 6 heteroatoms. The lowest BCUT2D eigenvalue weighted by atomic mass is 10.0. The van der Waals surface area contributed by atoms with E-state index in [0.29, 0.717) is 0 Å². The number of carbonyl (C=O) groups is 3. The fourth-order valence-corrected chi connectivity index (χ4v) is 1.40. The summed E-state index contributed by atoms with van der Waals surface area (Å²) < 4.78 is 0. The standard InChI is InChI=1S/C12H20N2O4/c1-5-6-9(12(17)18)14-11(16)10(7(2)3)13-8(4)15/h5,7,9-10H,1,6H2,2-4H3,(H,13,15)(H,14,16)(H,17,18)/t9-,10-/m1/s1. The molecule has 0 bridgehead atoms. The van der Waals surface area contributed by atoms with Crippen LogP contribution in [-0.2, 0) is 14.4 Å². The molecule has 102 valence electrons. The van der Waals surface area contributed by atoms with Crippen LogP contribution in [0.1, 0.15) is 27.2 Å². The highest BCUT2D eigenvalue weighted by Gasteiger charge is 2.27. The van der Waals surface area contributed by atoms with Gasteiger partial charge < -0.3 is 15.7 Å². The number of hydrogen-bond donors (Lipinski definition) is 3. The molecule has 0 aliphatic heterocycles. The highest BCUT2D eigenvalue weighted by molar-refractivity contribution is 5.90. The summed E-state index contributed by atoms with van der Waals surface area (Å²) in [5.41, 5.74) is 0. The molecule has 6 nitrogen and oxygen atoms in total. The second-order valence-corrected chi connectivity index (χ2v) is 4.35. The molecular weight excluding hydrogens is 236 g/mol. The Kier molecular flexibility index (Phi) is 6.70. The molecular formula is C12H20N2O4. The first-order valence-corrected chi connectivity index (χ1v) is 5.70. The Hall–Kier alpha value is -1.85. The van der Waals surface area contributed by atoms with E-state index in [1.54, 1.807) is 13.8 Å². The van der Waals surface area contributed by atoms with E-state index in [0.717, 1.165) is 0 Å². The lowest BCUT2D eigenvalue weighted by Crippen LogP contribution is -2.53. The summed E-state index contributed by atoms with van der Waals surface area (Å²) in [7, 11) is 0. The van der Waals surface area contributed by atoms with E-state index in [1.807, 2.05) is 0 Å². The number of nitrogens with one attached hydrogen (secondary N) is 2. The number of carboxylic acid groups (broad SMARTS) is 1. The van der Waals surface area contributed by atoms with Crippen molar-refractivity contribution in [3.8, 4) is 0 Å². The zero-order chi connectivity index (χ0) is 14.3. The number of hydrogen-bond acceptors (Lipinski definition) is 3. The van der Waals surface area contributed by atoms with Crippen LogP contribution >= 0.6 is 0 Å². The summed E-state index contributed by atoms with van der Waals surface area (Å²) in [6, 6.07) is -1.76. The van der Waals surface area contributed by atoms with Gasteiger partial charge in [-0.15, -0.1) is 6.58 Å². The van der Waals surface area contributed by atoms with Crippen molar-refractivity contribution in [2.75, 3.05) is 0 Å². The van der Waals surface area contributed by atoms with Gasteiger partial charge in [0.15, 0.2) is 0 Å². The van der Waals surface area contributed by atoms with Gasteiger partial charge in [0.1, 0.15) is 12.1 Å². The first-order valence-electron chi connectivity index (χ1n) is 5.70. The first kappa shape index (κ1) is 16.1. The summed E-state index contributed by atoms with van der Waals surface area (Å²) in [6.07, 6.45) is 1.55. The van der Waals surface area contributed by atoms with Crippen molar-refractivity contribution in [1.29, 1.82) is 0 Å². The Bertz CT molecular complexity index is 339. The van der Waals surface area contributed by atoms with E-state index < -0.39 is 24.0 Å². The fraction of sp³-hybridized carbons (Fsp3) is 0.583. The Balaban J connectivity index is 4.71. The Morgan fingerprint density at radius 3 is 2.17 bits per heavy atom. The van der Waals surface area contributed by atoms with Crippen LogP contribution in [0.3, 0.4) is 0 Å². The molecule has 0 saturated carbocycles. The van der Waals surface area contributed by atoms with E-state index in [2.05, 4.69) is 17.2 Å². The molecule has 0 aliphatic carbocycles. The van der Waals surface area contributed by atoms with Gasteiger partial charge in [-0.25, -0.2) is 4.79 Å². The lowest BCUT2D eigenvalue weighted by Gasteiger charge is -2.23. The van der Waals surface area contributed by atoms with Gasteiger partial charge in [-0.2, -0.15) is 0 Å². The zero-order valence-corrected chi connectivity index (χ0v) is 10.9. The Labute approximate surface area is 106 Å². The number of carbonyl (C=O) groups excluding carboxylic acids is 2. The van der Waals surface area contributed by atoms with Crippen LogP contribution in [0, 0.1) is 5.92 Å². The lowest BCUT2D eigenvalue weighted by molar-refractivity contribution is -0.142. The average molecular weight is 256 g/mol. The highest BCUT2D eigenvalue weighted by Crippen LogP contribution is 2.03. The molecule has 0 aromatic carbocycles. The monoisotopic (exact) mass is 256 g/mol. The van der Waals surface area contributed by atoms with Crippen molar-refractivity contribution in [1.82, 2.24) is 10.6 Å². The largest absolute Gasteiger partial charge is 0.480 e. The smallest absolute Gasteiger partial charge is 0.326 e. The minimum atomic E-state index is -1.13. The Morgan fingerprint density at radius 2 is 1.83 bits per heavy atom. The molecule has 0 aromatic heterocycles. The van der Waals surface area contributed by atoms with Gasteiger partial charge >= 0.3 is 5.97 Å². The van der Waals surface area contributed by atoms with Gasteiger partial charge in [0.2, 0.25) is 11.8 Å². The second kappa shape index (κ2) is 7.47. The normalized spacial score (nSPS) is 13.6. The van der Waals surface area contributed by atoms with Gasteiger partial charge in [0, 0.05) is 6.92 Å². The topological polar surface area (TPSA) is 95.5 Å². The molecule has 2 amide bonds. The van der Waals surface area contributed by atoms with Crippen LogP contribution in [-0.4, -0.2) is 35.0 Å². The van der Waals surface area contributed by atoms with E-state index in [1.165, 1.54) is 13.0 Å². The van der Waals surface area contributed by atoms with Crippen molar-refractivity contribution >= 4 is 17.8 Å². The molecule has 2 atom stereocenters. The molecule has 3 N–H and O–H groups in total. The summed E-state index contributed by atoms with van der Waals surface area (Å²) in [5, 5.41) is 13.8. The molecule has 0 rings (SSSR count). The molecule has 0 heterocycles.